The van der Waals surface area contributed by atoms with E-state index in [1.165, 1.54) is 10.7 Å². The van der Waals surface area contributed by atoms with Crippen molar-refractivity contribution in [2.45, 2.75) is 19.7 Å². The molecule has 0 aliphatic carbocycles. The fourth-order valence-electron chi connectivity index (χ4n) is 3.03. The monoisotopic (exact) mass is 464 g/mol. The van der Waals surface area contributed by atoms with Crippen molar-refractivity contribution in [3.05, 3.63) is 75.3 Å². The van der Waals surface area contributed by atoms with Gasteiger partial charge in [-0.05, 0) is 44.2 Å². The molecule has 156 valence electrons. The highest BCUT2D eigenvalue weighted by Crippen LogP contribution is 2.26. The highest BCUT2D eigenvalue weighted by atomic mass is 35.5. The number of alkyl halides is 1. The first-order chi connectivity index (χ1) is 14.4. The van der Waals surface area contributed by atoms with Crippen molar-refractivity contribution in [3.8, 4) is 5.69 Å². The summed E-state index contributed by atoms with van der Waals surface area (Å²) in [5.74, 6) is -0.284. The highest BCUT2D eigenvalue weighted by molar-refractivity contribution is 6.35. The molecule has 0 bridgehead atoms. The van der Waals surface area contributed by atoms with Crippen LogP contribution in [0.15, 0.2) is 42.5 Å². The van der Waals surface area contributed by atoms with E-state index in [2.05, 4.69) is 10.1 Å². The maximum Gasteiger partial charge on any atom is 0.293 e. The van der Waals surface area contributed by atoms with Gasteiger partial charge in [-0.2, -0.15) is 0 Å². The first-order valence-corrected chi connectivity index (χ1v) is 10.6. The first-order valence-electron chi connectivity index (χ1n) is 9.31. The van der Waals surface area contributed by atoms with Crippen LogP contribution in [0.4, 0.5) is 0 Å². The quantitative estimate of drug-likeness (QED) is 0.363. The van der Waals surface area contributed by atoms with Gasteiger partial charge in [-0.1, -0.05) is 35.3 Å². The Kier molecular flexibility index (Phi) is 7.13. The molecule has 1 heterocycles. The molecule has 0 unspecified atom stereocenters. The van der Waals surface area contributed by atoms with Gasteiger partial charge in [0.05, 0.1) is 16.6 Å². The van der Waals surface area contributed by atoms with Crippen LogP contribution in [-0.2, 0) is 5.88 Å². The van der Waals surface area contributed by atoms with Gasteiger partial charge in [0.15, 0.2) is 5.78 Å². The number of rotatable bonds is 7. The fourth-order valence-corrected chi connectivity index (χ4v) is 3.60. The van der Waals surface area contributed by atoms with E-state index in [4.69, 9.17) is 34.8 Å². The second-order valence-electron chi connectivity index (χ2n) is 6.34. The van der Waals surface area contributed by atoms with Crippen LogP contribution in [-0.4, -0.2) is 44.4 Å². The summed E-state index contributed by atoms with van der Waals surface area (Å²) in [4.78, 5) is 31.8. The van der Waals surface area contributed by atoms with Gasteiger partial charge in [-0.15, -0.1) is 16.7 Å². The van der Waals surface area contributed by atoms with E-state index in [1.807, 2.05) is 13.8 Å². The summed E-state index contributed by atoms with van der Waals surface area (Å²) in [5.41, 5.74) is 1.01. The third kappa shape index (κ3) is 4.36. The predicted octanol–water partition coefficient (Wildman–Crippen LogP) is 5.03. The number of hydrogen-bond donors (Lipinski definition) is 0. The molecular weight excluding hydrogens is 447 g/mol. The largest absolute Gasteiger partial charge is 0.336 e. The lowest BCUT2D eigenvalue weighted by atomic mass is 10.0. The van der Waals surface area contributed by atoms with Crippen molar-refractivity contribution < 1.29 is 9.59 Å². The number of nitrogens with zero attached hydrogens (tertiary/aromatic N) is 4. The Labute approximate surface area is 189 Å². The highest BCUT2D eigenvalue weighted by Gasteiger charge is 2.24. The van der Waals surface area contributed by atoms with Crippen LogP contribution >= 0.6 is 34.8 Å². The van der Waals surface area contributed by atoms with Crippen molar-refractivity contribution in [1.82, 2.24) is 19.7 Å². The molecule has 9 heteroatoms. The van der Waals surface area contributed by atoms with Gasteiger partial charge in [-0.25, -0.2) is 9.67 Å². The van der Waals surface area contributed by atoms with Crippen molar-refractivity contribution in [1.29, 1.82) is 0 Å². The third-order valence-electron chi connectivity index (χ3n) is 4.59. The van der Waals surface area contributed by atoms with Crippen LogP contribution in [0.5, 0.6) is 0 Å². The normalized spacial score (nSPS) is 10.8. The van der Waals surface area contributed by atoms with Crippen molar-refractivity contribution >= 4 is 46.5 Å². The summed E-state index contributed by atoms with van der Waals surface area (Å²) in [6.07, 6.45) is 0. The van der Waals surface area contributed by atoms with Gasteiger partial charge in [0.25, 0.3) is 5.91 Å². The van der Waals surface area contributed by atoms with Gasteiger partial charge >= 0.3 is 0 Å². The Morgan fingerprint density at radius 3 is 2.37 bits per heavy atom. The molecule has 6 nitrogen and oxygen atoms in total. The molecule has 0 radical (unpaired) electrons. The number of carbonyl (C=O) groups is 2. The Hall–Kier alpha value is -2.41. The van der Waals surface area contributed by atoms with Crippen LogP contribution in [0.25, 0.3) is 5.69 Å². The Balaban J connectivity index is 2.14. The zero-order valence-corrected chi connectivity index (χ0v) is 18.7. The van der Waals surface area contributed by atoms with Gasteiger partial charge in [0.2, 0.25) is 5.82 Å². The number of hydrogen-bond acceptors (Lipinski definition) is 4. The van der Waals surface area contributed by atoms with E-state index >= 15 is 0 Å². The molecule has 0 saturated carbocycles. The molecular formula is C21H19Cl3N4O2. The molecule has 0 spiro atoms. The molecule has 1 amide bonds. The Morgan fingerprint density at radius 2 is 1.73 bits per heavy atom. The number of ketones is 1. The van der Waals surface area contributed by atoms with Gasteiger partial charge in [0.1, 0.15) is 5.82 Å². The van der Waals surface area contributed by atoms with Crippen LogP contribution < -0.4 is 0 Å². The van der Waals surface area contributed by atoms with E-state index in [0.29, 0.717) is 40.2 Å². The summed E-state index contributed by atoms with van der Waals surface area (Å²) in [5, 5.41) is 5.06. The SMILES string of the molecule is CCN(CC)C(=O)c1nc(CCl)n(-c2ccc(Cl)cc2C(=O)c2ccccc2Cl)n1. The van der Waals surface area contributed by atoms with Gasteiger partial charge < -0.3 is 4.90 Å². The van der Waals surface area contributed by atoms with Crippen molar-refractivity contribution in [2.24, 2.45) is 0 Å². The van der Waals surface area contributed by atoms with Crippen LogP contribution in [0, 0.1) is 0 Å². The zero-order chi connectivity index (χ0) is 21.8. The molecule has 2 aromatic carbocycles. The van der Waals surface area contributed by atoms with E-state index in [0.717, 1.165) is 0 Å². The second kappa shape index (κ2) is 9.60. The summed E-state index contributed by atoms with van der Waals surface area (Å²) in [6, 6.07) is 11.5. The maximum atomic E-state index is 13.2. The molecule has 30 heavy (non-hydrogen) atoms. The lowest BCUT2D eigenvalue weighted by molar-refractivity contribution is 0.0760. The van der Waals surface area contributed by atoms with E-state index in [-0.39, 0.29) is 29.0 Å². The number of aromatic nitrogens is 3. The standard InChI is InChI=1S/C21H19Cl3N4O2/c1-3-27(4-2)21(30)20-25-18(12-22)28(26-20)17-10-9-13(23)11-15(17)19(29)14-7-5-6-8-16(14)24/h5-11H,3-4,12H2,1-2H3. The average molecular weight is 466 g/mol. The van der Waals surface area contributed by atoms with E-state index in [9.17, 15) is 9.59 Å². The number of benzene rings is 2. The first kappa shape index (κ1) is 22.3. The van der Waals surface area contributed by atoms with E-state index in [1.54, 1.807) is 41.3 Å². The topological polar surface area (TPSA) is 68.1 Å². The number of halogens is 3. The lowest BCUT2D eigenvalue weighted by Gasteiger charge is -2.16. The van der Waals surface area contributed by atoms with E-state index < -0.39 is 0 Å². The predicted molar refractivity (Wildman–Crippen MR) is 118 cm³/mol. The summed E-state index contributed by atoms with van der Waals surface area (Å²) in [7, 11) is 0. The van der Waals surface area contributed by atoms with Gasteiger partial charge in [-0.3, -0.25) is 9.59 Å². The van der Waals surface area contributed by atoms with Gasteiger partial charge in [0, 0.05) is 29.2 Å². The Morgan fingerprint density at radius 1 is 1.03 bits per heavy atom. The van der Waals surface area contributed by atoms with Crippen LogP contribution in [0.1, 0.15) is 46.2 Å². The average Bonchev–Trinajstić information content (AvgIpc) is 3.18. The minimum absolute atomic E-state index is 0.000873. The number of carbonyl (C=O) groups excluding carboxylic acids is 2. The van der Waals surface area contributed by atoms with Crippen LogP contribution in [0.2, 0.25) is 10.0 Å². The molecule has 0 saturated heterocycles. The summed E-state index contributed by atoms with van der Waals surface area (Å²) in [6.45, 7) is 4.80. The molecule has 0 fully saturated rings. The summed E-state index contributed by atoms with van der Waals surface area (Å²) >= 11 is 18.5. The fraction of sp³-hybridized carbons (Fsp3) is 0.238. The molecule has 0 aliphatic rings. The number of amides is 1. The molecule has 0 N–H and O–H groups in total. The third-order valence-corrected chi connectivity index (χ3v) is 5.39. The molecule has 3 aromatic rings. The molecule has 1 aromatic heterocycles. The second-order valence-corrected chi connectivity index (χ2v) is 7.46. The minimum atomic E-state index is -0.328. The maximum absolute atomic E-state index is 13.2. The van der Waals surface area contributed by atoms with Crippen molar-refractivity contribution in [3.63, 3.8) is 0 Å². The van der Waals surface area contributed by atoms with Crippen molar-refractivity contribution in [2.75, 3.05) is 13.1 Å². The zero-order valence-electron chi connectivity index (χ0n) is 16.4. The molecule has 0 atom stereocenters. The smallest absolute Gasteiger partial charge is 0.293 e. The minimum Gasteiger partial charge on any atom is -0.336 e. The Bertz CT molecular complexity index is 1090. The molecule has 3 rings (SSSR count). The molecule has 0 aliphatic heterocycles. The summed E-state index contributed by atoms with van der Waals surface area (Å²) < 4.78 is 1.41. The lowest BCUT2D eigenvalue weighted by Crippen LogP contribution is -2.31. The van der Waals surface area contributed by atoms with Crippen LogP contribution in [0.3, 0.4) is 0 Å².